The van der Waals surface area contributed by atoms with Crippen molar-refractivity contribution in [3.8, 4) is 0 Å². The van der Waals surface area contributed by atoms with Gasteiger partial charge in [-0.1, -0.05) is 12.1 Å². The van der Waals surface area contributed by atoms with Gasteiger partial charge in [-0.05, 0) is 24.6 Å². The lowest BCUT2D eigenvalue weighted by Gasteiger charge is -2.14. The maximum Gasteiger partial charge on any atom is 0.238 e. The minimum absolute atomic E-state index is 0.135. The number of thiazole rings is 1. The summed E-state index contributed by atoms with van der Waals surface area (Å²) >= 11 is 1.64. The first kappa shape index (κ1) is 15.1. The van der Waals surface area contributed by atoms with E-state index in [-0.39, 0.29) is 10.9 Å². The van der Waals surface area contributed by atoms with Gasteiger partial charge in [-0.2, -0.15) is 0 Å². The Kier molecular flexibility index (Phi) is 4.87. The third-order valence-electron chi connectivity index (χ3n) is 2.98. The highest BCUT2D eigenvalue weighted by molar-refractivity contribution is 7.89. The zero-order chi connectivity index (χ0) is 14.6. The number of nitrogens with one attached hydrogen (secondary N) is 1. The number of benzene rings is 1. The van der Waals surface area contributed by atoms with Gasteiger partial charge in [-0.15, -0.1) is 11.3 Å². The second kappa shape index (κ2) is 6.45. The van der Waals surface area contributed by atoms with Crippen LogP contribution in [0, 0.1) is 0 Å². The SMILES string of the molecule is CC(NCCc1nccs1)c1ccc(S(N)(=O)=O)cc1. The lowest BCUT2D eigenvalue weighted by atomic mass is 10.1. The lowest BCUT2D eigenvalue weighted by Crippen LogP contribution is -2.21. The Morgan fingerprint density at radius 2 is 2.05 bits per heavy atom. The third-order valence-corrected chi connectivity index (χ3v) is 4.75. The smallest absolute Gasteiger partial charge is 0.238 e. The number of sulfonamides is 1. The van der Waals surface area contributed by atoms with Crippen molar-refractivity contribution in [1.29, 1.82) is 0 Å². The monoisotopic (exact) mass is 311 g/mol. The van der Waals surface area contributed by atoms with Gasteiger partial charge in [0.05, 0.1) is 9.90 Å². The molecule has 1 aromatic heterocycles. The quantitative estimate of drug-likeness (QED) is 0.850. The van der Waals surface area contributed by atoms with Crippen LogP contribution >= 0.6 is 11.3 Å². The largest absolute Gasteiger partial charge is 0.310 e. The van der Waals surface area contributed by atoms with Gasteiger partial charge in [0.15, 0.2) is 0 Å². The molecule has 0 radical (unpaired) electrons. The standard InChI is InChI=1S/C13H17N3O2S2/c1-10(15-7-6-13-16-8-9-19-13)11-2-4-12(5-3-11)20(14,17)18/h2-5,8-10,15H,6-7H2,1H3,(H2,14,17,18). The van der Waals surface area contributed by atoms with Crippen LogP contribution < -0.4 is 10.5 Å². The second-order valence-electron chi connectivity index (χ2n) is 4.47. The van der Waals surface area contributed by atoms with Crippen LogP contribution in [-0.4, -0.2) is 19.9 Å². The number of primary sulfonamides is 1. The Balaban J connectivity index is 1.90. The minimum Gasteiger partial charge on any atom is -0.310 e. The van der Waals surface area contributed by atoms with Gasteiger partial charge in [0.25, 0.3) is 0 Å². The summed E-state index contributed by atoms with van der Waals surface area (Å²) in [5.41, 5.74) is 1.02. The molecule has 0 fully saturated rings. The summed E-state index contributed by atoms with van der Waals surface area (Å²) < 4.78 is 22.3. The molecule has 20 heavy (non-hydrogen) atoms. The number of rotatable bonds is 6. The van der Waals surface area contributed by atoms with Gasteiger partial charge >= 0.3 is 0 Å². The Morgan fingerprint density at radius 3 is 2.60 bits per heavy atom. The lowest BCUT2D eigenvalue weighted by molar-refractivity contribution is 0.575. The van der Waals surface area contributed by atoms with E-state index >= 15 is 0 Å². The Bertz CT molecular complexity index is 637. The number of hydrogen-bond acceptors (Lipinski definition) is 5. The molecule has 0 aliphatic rings. The molecule has 0 saturated carbocycles. The van der Waals surface area contributed by atoms with Gasteiger partial charge in [-0.3, -0.25) is 0 Å². The summed E-state index contributed by atoms with van der Waals surface area (Å²) in [7, 11) is -3.62. The summed E-state index contributed by atoms with van der Waals surface area (Å²) in [6.07, 6.45) is 2.69. The molecule has 1 aromatic carbocycles. The van der Waals surface area contributed by atoms with Crippen molar-refractivity contribution in [1.82, 2.24) is 10.3 Å². The molecular formula is C13H17N3O2S2. The van der Waals surface area contributed by atoms with Crippen molar-refractivity contribution in [2.45, 2.75) is 24.3 Å². The van der Waals surface area contributed by atoms with E-state index in [9.17, 15) is 8.42 Å². The van der Waals surface area contributed by atoms with Crippen LogP contribution in [0.25, 0.3) is 0 Å². The first-order valence-electron chi connectivity index (χ1n) is 6.21. The number of nitrogens with zero attached hydrogens (tertiary/aromatic N) is 1. The van der Waals surface area contributed by atoms with Crippen molar-refractivity contribution >= 4 is 21.4 Å². The van der Waals surface area contributed by atoms with Crippen LogP contribution in [0.3, 0.4) is 0 Å². The summed E-state index contributed by atoms with van der Waals surface area (Å²) in [5.74, 6) is 0. The van der Waals surface area contributed by atoms with Crippen LogP contribution in [0.15, 0.2) is 40.7 Å². The minimum atomic E-state index is -3.62. The molecule has 0 amide bonds. The average molecular weight is 311 g/mol. The summed E-state index contributed by atoms with van der Waals surface area (Å²) in [6.45, 7) is 2.86. The molecule has 0 aliphatic heterocycles. The van der Waals surface area contributed by atoms with E-state index in [0.717, 1.165) is 23.5 Å². The van der Waals surface area contributed by atoms with Crippen LogP contribution in [0.5, 0.6) is 0 Å². The van der Waals surface area contributed by atoms with Gasteiger partial charge in [-0.25, -0.2) is 18.5 Å². The summed E-state index contributed by atoms with van der Waals surface area (Å²) in [4.78, 5) is 4.36. The first-order valence-corrected chi connectivity index (χ1v) is 8.64. The molecule has 0 aliphatic carbocycles. The normalized spacial score (nSPS) is 13.3. The van der Waals surface area contributed by atoms with E-state index in [1.54, 1.807) is 29.7 Å². The number of aromatic nitrogens is 1. The van der Waals surface area contributed by atoms with E-state index in [1.807, 2.05) is 12.3 Å². The Morgan fingerprint density at radius 1 is 1.35 bits per heavy atom. The molecule has 108 valence electrons. The maximum atomic E-state index is 11.2. The molecule has 2 aromatic rings. The van der Waals surface area contributed by atoms with E-state index in [1.165, 1.54) is 12.1 Å². The zero-order valence-electron chi connectivity index (χ0n) is 11.1. The molecule has 1 unspecified atom stereocenters. The molecule has 0 spiro atoms. The van der Waals surface area contributed by atoms with Crippen molar-refractivity contribution in [2.24, 2.45) is 5.14 Å². The molecule has 1 atom stereocenters. The summed E-state index contributed by atoms with van der Waals surface area (Å²) in [6, 6.07) is 6.76. The molecule has 3 N–H and O–H groups in total. The highest BCUT2D eigenvalue weighted by Gasteiger charge is 2.09. The maximum absolute atomic E-state index is 11.2. The fourth-order valence-electron chi connectivity index (χ4n) is 1.84. The molecule has 1 heterocycles. The van der Waals surface area contributed by atoms with Crippen molar-refractivity contribution < 1.29 is 8.42 Å². The van der Waals surface area contributed by atoms with E-state index < -0.39 is 10.0 Å². The van der Waals surface area contributed by atoms with Crippen LogP contribution in [0.2, 0.25) is 0 Å². The van der Waals surface area contributed by atoms with E-state index in [0.29, 0.717) is 0 Å². The zero-order valence-corrected chi connectivity index (χ0v) is 12.7. The highest BCUT2D eigenvalue weighted by atomic mass is 32.2. The topological polar surface area (TPSA) is 85.1 Å². The molecule has 0 bridgehead atoms. The Labute approximate surface area is 122 Å². The molecule has 0 saturated heterocycles. The predicted octanol–water partition coefficient (Wildman–Crippen LogP) is 1.68. The summed E-state index contributed by atoms with van der Waals surface area (Å²) in [5, 5.41) is 11.5. The third kappa shape index (κ3) is 4.11. The van der Waals surface area contributed by atoms with Crippen LogP contribution in [-0.2, 0) is 16.4 Å². The molecular weight excluding hydrogens is 294 g/mol. The van der Waals surface area contributed by atoms with Crippen LogP contribution in [0.4, 0.5) is 0 Å². The predicted molar refractivity (Wildman–Crippen MR) is 80.1 cm³/mol. The van der Waals surface area contributed by atoms with E-state index in [2.05, 4.69) is 10.3 Å². The van der Waals surface area contributed by atoms with Gasteiger partial charge in [0, 0.05) is 30.6 Å². The number of nitrogens with two attached hydrogens (primary N) is 1. The van der Waals surface area contributed by atoms with Gasteiger partial charge in [0.2, 0.25) is 10.0 Å². The number of hydrogen-bond donors (Lipinski definition) is 2. The van der Waals surface area contributed by atoms with Gasteiger partial charge < -0.3 is 5.32 Å². The molecule has 5 nitrogen and oxygen atoms in total. The first-order chi connectivity index (χ1) is 9.47. The molecule has 2 rings (SSSR count). The molecule has 7 heteroatoms. The van der Waals surface area contributed by atoms with E-state index in [4.69, 9.17) is 5.14 Å². The van der Waals surface area contributed by atoms with Crippen molar-refractivity contribution in [3.05, 3.63) is 46.4 Å². The highest BCUT2D eigenvalue weighted by Crippen LogP contribution is 2.15. The van der Waals surface area contributed by atoms with Crippen molar-refractivity contribution in [3.63, 3.8) is 0 Å². The Hall–Kier alpha value is -1.28. The van der Waals surface area contributed by atoms with Gasteiger partial charge in [0.1, 0.15) is 0 Å². The second-order valence-corrected chi connectivity index (χ2v) is 7.01. The fraction of sp³-hybridized carbons (Fsp3) is 0.308. The van der Waals surface area contributed by atoms with Crippen molar-refractivity contribution in [2.75, 3.05) is 6.54 Å². The average Bonchev–Trinajstić information content (AvgIpc) is 2.91. The van der Waals surface area contributed by atoms with Crippen LogP contribution in [0.1, 0.15) is 23.5 Å². The fourth-order valence-corrected chi connectivity index (χ4v) is 2.97.